The molecule has 0 unspecified atom stereocenters. The van der Waals surface area contributed by atoms with Gasteiger partial charge in [0.15, 0.2) is 0 Å². The molecule has 1 aliphatic rings. The Balaban J connectivity index is 1.94. The van der Waals surface area contributed by atoms with Crippen LogP contribution in [0, 0.1) is 0 Å². The third kappa shape index (κ3) is 2.61. The van der Waals surface area contributed by atoms with Crippen molar-refractivity contribution < 1.29 is 9.53 Å². The normalized spacial score (nSPS) is 23.0. The van der Waals surface area contributed by atoms with E-state index in [1.165, 1.54) is 0 Å². The summed E-state index contributed by atoms with van der Waals surface area (Å²) in [5.41, 5.74) is 0.585. The van der Waals surface area contributed by atoms with Gasteiger partial charge in [-0.2, -0.15) is 0 Å². The van der Waals surface area contributed by atoms with Crippen molar-refractivity contribution in [1.82, 2.24) is 5.32 Å². The summed E-state index contributed by atoms with van der Waals surface area (Å²) in [6.45, 7) is 4.69. The predicted molar refractivity (Wildman–Crippen MR) is 62.3 cm³/mol. The number of carbonyl (C=O) groups is 1. The lowest BCUT2D eigenvalue weighted by molar-refractivity contribution is 0.0355. The molecule has 0 aliphatic carbocycles. The average molecular weight is 219 g/mol. The van der Waals surface area contributed by atoms with Gasteiger partial charge < -0.3 is 10.1 Å². The Labute approximate surface area is 95.8 Å². The highest BCUT2D eigenvalue weighted by Gasteiger charge is 2.32. The Bertz CT molecular complexity index is 373. The Morgan fingerprint density at radius 1 is 1.38 bits per heavy atom. The zero-order valence-corrected chi connectivity index (χ0v) is 9.69. The molecule has 1 aromatic rings. The second-order valence-corrected chi connectivity index (χ2v) is 4.81. The van der Waals surface area contributed by atoms with E-state index in [1.54, 1.807) is 0 Å². The molecule has 16 heavy (non-hydrogen) atoms. The molecule has 0 aromatic heterocycles. The fraction of sp³-hybridized carbons (Fsp3) is 0.462. The summed E-state index contributed by atoms with van der Waals surface area (Å²) >= 11 is 0. The highest BCUT2D eigenvalue weighted by molar-refractivity contribution is 5.94. The van der Waals surface area contributed by atoms with E-state index in [9.17, 15) is 4.79 Å². The molecule has 0 saturated carbocycles. The standard InChI is InChI=1S/C13H17NO2/c1-13(2)8-11(9-16-13)14-12(15)10-6-4-3-5-7-10/h3-7,11H,8-9H2,1-2H3,(H,14,15)/t11-/m0/s1. The van der Waals surface area contributed by atoms with Crippen LogP contribution < -0.4 is 5.32 Å². The fourth-order valence-electron chi connectivity index (χ4n) is 1.99. The first kappa shape index (κ1) is 11.1. The number of hydrogen-bond acceptors (Lipinski definition) is 2. The van der Waals surface area contributed by atoms with Crippen molar-refractivity contribution in [3.63, 3.8) is 0 Å². The molecule has 1 N–H and O–H groups in total. The molecular formula is C13H17NO2. The quantitative estimate of drug-likeness (QED) is 0.826. The van der Waals surface area contributed by atoms with Crippen LogP contribution in [0.2, 0.25) is 0 Å². The Hall–Kier alpha value is -1.35. The number of benzene rings is 1. The second kappa shape index (κ2) is 4.26. The van der Waals surface area contributed by atoms with Gasteiger partial charge in [0.25, 0.3) is 5.91 Å². The summed E-state index contributed by atoms with van der Waals surface area (Å²) in [7, 11) is 0. The minimum atomic E-state index is -0.116. The lowest BCUT2D eigenvalue weighted by Gasteiger charge is -2.16. The molecule has 1 amide bonds. The smallest absolute Gasteiger partial charge is 0.251 e. The van der Waals surface area contributed by atoms with Gasteiger partial charge in [-0.1, -0.05) is 18.2 Å². The van der Waals surface area contributed by atoms with E-state index in [1.807, 2.05) is 44.2 Å². The molecule has 0 spiro atoms. The van der Waals surface area contributed by atoms with Gasteiger partial charge in [0, 0.05) is 5.56 Å². The maximum Gasteiger partial charge on any atom is 0.251 e. The molecule has 1 heterocycles. The molecule has 3 heteroatoms. The first-order valence-corrected chi connectivity index (χ1v) is 5.57. The van der Waals surface area contributed by atoms with Crippen LogP contribution in [0.15, 0.2) is 30.3 Å². The SMILES string of the molecule is CC1(C)C[C@H](NC(=O)c2ccccc2)CO1. The summed E-state index contributed by atoms with van der Waals surface area (Å²) < 4.78 is 5.57. The van der Waals surface area contributed by atoms with Gasteiger partial charge >= 0.3 is 0 Å². The number of rotatable bonds is 2. The van der Waals surface area contributed by atoms with Crippen LogP contribution in [0.25, 0.3) is 0 Å². The van der Waals surface area contributed by atoms with Crippen LogP contribution in [-0.4, -0.2) is 24.2 Å². The number of ether oxygens (including phenoxy) is 1. The molecule has 1 saturated heterocycles. The third-order valence-electron chi connectivity index (χ3n) is 2.78. The van der Waals surface area contributed by atoms with Crippen molar-refractivity contribution in [2.24, 2.45) is 0 Å². The van der Waals surface area contributed by atoms with Crippen LogP contribution in [0.1, 0.15) is 30.6 Å². The number of amides is 1. The molecule has 1 fully saturated rings. The Kier molecular flexibility index (Phi) is 2.97. The third-order valence-corrected chi connectivity index (χ3v) is 2.78. The lowest BCUT2D eigenvalue weighted by Crippen LogP contribution is -2.35. The first-order valence-electron chi connectivity index (χ1n) is 5.57. The topological polar surface area (TPSA) is 38.3 Å². The van der Waals surface area contributed by atoms with Gasteiger partial charge in [-0.15, -0.1) is 0 Å². The van der Waals surface area contributed by atoms with Crippen molar-refractivity contribution in [3.8, 4) is 0 Å². The summed E-state index contributed by atoms with van der Waals surface area (Å²) in [6.07, 6.45) is 0.867. The van der Waals surface area contributed by atoms with E-state index < -0.39 is 0 Å². The molecule has 1 atom stereocenters. The minimum Gasteiger partial charge on any atom is -0.373 e. The summed E-state index contributed by atoms with van der Waals surface area (Å²) in [4.78, 5) is 11.8. The number of nitrogens with one attached hydrogen (secondary N) is 1. The fourth-order valence-corrected chi connectivity index (χ4v) is 1.99. The van der Waals surface area contributed by atoms with Crippen molar-refractivity contribution >= 4 is 5.91 Å². The first-order chi connectivity index (χ1) is 7.57. The Morgan fingerprint density at radius 2 is 2.06 bits per heavy atom. The van der Waals surface area contributed by atoms with Crippen LogP contribution in [0.5, 0.6) is 0 Å². The van der Waals surface area contributed by atoms with E-state index in [4.69, 9.17) is 4.74 Å². The van der Waals surface area contributed by atoms with Crippen LogP contribution in [0.4, 0.5) is 0 Å². The zero-order valence-electron chi connectivity index (χ0n) is 9.69. The van der Waals surface area contributed by atoms with Crippen LogP contribution >= 0.6 is 0 Å². The van der Waals surface area contributed by atoms with Crippen molar-refractivity contribution in [3.05, 3.63) is 35.9 Å². The van der Waals surface area contributed by atoms with Gasteiger partial charge in [-0.3, -0.25) is 4.79 Å². The monoisotopic (exact) mass is 219 g/mol. The molecule has 1 aromatic carbocycles. The second-order valence-electron chi connectivity index (χ2n) is 4.81. The molecule has 1 aliphatic heterocycles. The van der Waals surface area contributed by atoms with E-state index in [0.29, 0.717) is 12.2 Å². The highest BCUT2D eigenvalue weighted by Crippen LogP contribution is 2.24. The molecule has 0 radical (unpaired) electrons. The molecule has 3 nitrogen and oxygen atoms in total. The van der Waals surface area contributed by atoms with E-state index in [0.717, 1.165) is 6.42 Å². The summed E-state index contributed by atoms with van der Waals surface area (Å²) in [6, 6.07) is 9.39. The van der Waals surface area contributed by atoms with Crippen molar-refractivity contribution in [2.45, 2.75) is 31.9 Å². The van der Waals surface area contributed by atoms with E-state index in [-0.39, 0.29) is 17.6 Å². The predicted octanol–water partition coefficient (Wildman–Crippen LogP) is 1.98. The lowest BCUT2D eigenvalue weighted by atomic mass is 10.0. The molecule has 2 rings (SSSR count). The van der Waals surface area contributed by atoms with Gasteiger partial charge in [-0.25, -0.2) is 0 Å². The number of hydrogen-bond donors (Lipinski definition) is 1. The largest absolute Gasteiger partial charge is 0.373 e. The van der Waals surface area contributed by atoms with Gasteiger partial charge in [0.1, 0.15) is 0 Å². The van der Waals surface area contributed by atoms with Crippen LogP contribution in [-0.2, 0) is 4.74 Å². The minimum absolute atomic E-state index is 0.0214. The van der Waals surface area contributed by atoms with E-state index >= 15 is 0 Å². The molecule has 86 valence electrons. The van der Waals surface area contributed by atoms with Gasteiger partial charge in [-0.05, 0) is 32.4 Å². The Morgan fingerprint density at radius 3 is 2.62 bits per heavy atom. The van der Waals surface area contributed by atoms with Gasteiger partial charge in [0.05, 0.1) is 18.2 Å². The van der Waals surface area contributed by atoms with Crippen molar-refractivity contribution in [1.29, 1.82) is 0 Å². The van der Waals surface area contributed by atoms with Gasteiger partial charge in [0.2, 0.25) is 0 Å². The average Bonchev–Trinajstić information content (AvgIpc) is 2.59. The van der Waals surface area contributed by atoms with E-state index in [2.05, 4.69) is 5.32 Å². The van der Waals surface area contributed by atoms with Crippen molar-refractivity contribution in [2.75, 3.05) is 6.61 Å². The van der Waals surface area contributed by atoms with Crippen LogP contribution in [0.3, 0.4) is 0 Å². The maximum atomic E-state index is 11.8. The molecular weight excluding hydrogens is 202 g/mol. The summed E-state index contributed by atoms with van der Waals surface area (Å²) in [5, 5.41) is 2.99. The highest BCUT2D eigenvalue weighted by atomic mass is 16.5. The molecule has 0 bridgehead atoms. The maximum absolute atomic E-state index is 11.8. The summed E-state index contributed by atoms with van der Waals surface area (Å²) in [5.74, 6) is -0.0214. The zero-order chi connectivity index (χ0) is 11.6. The number of carbonyl (C=O) groups excluding carboxylic acids is 1.